The Bertz CT molecular complexity index is 667. The second-order valence-corrected chi connectivity index (χ2v) is 5.20. The molecule has 0 bridgehead atoms. The molecule has 0 spiro atoms. The molecule has 2 aromatic rings. The summed E-state index contributed by atoms with van der Waals surface area (Å²) < 4.78 is 10.7. The fourth-order valence-corrected chi connectivity index (χ4v) is 2.13. The molecule has 1 aromatic heterocycles. The maximum absolute atomic E-state index is 11.4. The number of esters is 1. The number of carbonyl (C=O) groups excluding carboxylic acids is 1. The van der Waals surface area contributed by atoms with Crippen LogP contribution in [0, 0.1) is 0 Å². The summed E-state index contributed by atoms with van der Waals surface area (Å²) in [6.45, 7) is 0. The average molecular weight is 378 g/mol. The van der Waals surface area contributed by atoms with Crippen molar-refractivity contribution in [3.63, 3.8) is 0 Å². The van der Waals surface area contributed by atoms with Crippen molar-refractivity contribution in [2.75, 3.05) is 7.11 Å². The SMILES string of the molecule is COC(=O)c1cncc(Oc2cc(Cl)c(Br)cc2Cl)n1. The molecule has 0 amide bonds. The molecule has 5 nitrogen and oxygen atoms in total. The van der Waals surface area contributed by atoms with E-state index < -0.39 is 5.97 Å². The number of carbonyl (C=O) groups is 1. The lowest BCUT2D eigenvalue weighted by Crippen LogP contribution is -2.05. The van der Waals surface area contributed by atoms with Gasteiger partial charge in [0, 0.05) is 10.5 Å². The van der Waals surface area contributed by atoms with E-state index in [1.807, 2.05) is 0 Å². The minimum Gasteiger partial charge on any atom is -0.464 e. The number of nitrogens with zero attached hydrogens (tertiary/aromatic N) is 2. The number of hydrogen-bond donors (Lipinski definition) is 0. The third-order valence-corrected chi connectivity index (χ3v) is 3.69. The molecule has 0 saturated heterocycles. The highest BCUT2D eigenvalue weighted by molar-refractivity contribution is 9.10. The van der Waals surface area contributed by atoms with Crippen molar-refractivity contribution < 1.29 is 14.3 Å². The second-order valence-electron chi connectivity index (χ2n) is 3.53. The highest BCUT2D eigenvalue weighted by Crippen LogP contribution is 2.35. The van der Waals surface area contributed by atoms with Gasteiger partial charge in [0.25, 0.3) is 0 Å². The van der Waals surface area contributed by atoms with Gasteiger partial charge in [0.2, 0.25) is 5.88 Å². The number of halogens is 3. The Hall–Kier alpha value is -1.37. The predicted octanol–water partition coefficient (Wildman–Crippen LogP) is 4.12. The number of rotatable bonds is 3. The minimum absolute atomic E-state index is 0.0318. The first kappa shape index (κ1) is 15.0. The van der Waals surface area contributed by atoms with Crippen molar-refractivity contribution >= 4 is 45.1 Å². The average Bonchev–Trinajstić information content (AvgIpc) is 2.44. The Kier molecular flexibility index (Phi) is 4.80. The zero-order valence-corrected chi connectivity index (χ0v) is 13.2. The summed E-state index contributed by atoms with van der Waals surface area (Å²) in [7, 11) is 1.25. The Labute approximate surface area is 133 Å². The van der Waals surface area contributed by atoms with Crippen LogP contribution < -0.4 is 4.74 Å². The zero-order valence-electron chi connectivity index (χ0n) is 10.1. The number of methoxy groups -OCH3 is 1. The Morgan fingerprint density at radius 2 is 2.00 bits per heavy atom. The second kappa shape index (κ2) is 6.39. The lowest BCUT2D eigenvalue weighted by atomic mass is 10.3. The van der Waals surface area contributed by atoms with Gasteiger partial charge in [-0.1, -0.05) is 23.2 Å². The first-order valence-electron chi connectivity index (χ1n) is 5.24. The normalized spacial score (nSPS) is 10.2. The summed E-state index contributed by atoms with van der Waals surface area (Å²) in [5, 5.41) is 0.771. The highest BCUT2D eigenvalue weighted by atomic mass is 79.9. The predicted molar refractivity (Wildman–Crippen MR) is 77.6 cm³/mol. The molecule has 0 atom stereocenters. The van der Waals surface area contributed by atoms with E-state index in [1.54, 1.807) is 6.07 Å². The van der Waals surface area contributed by atoms with Gasteiger partial charge in [-0.05, 0) is 22.0 Å². The van der Waals surface area contributed by atoms with E-state index in [0.29, 0.717) is 20.3 Å². The molecule has 104 valence electrons. The molecule has 20 heavy (non-hydrogen) atoms. The molecule has 1 aromatic carbocycles. The number of ether oxygens (including phenoxy) is 2. The Morgan fingerprint density at radius 1 is 1.25 bits per heavy atom. The van der Waals surface area contributed by atoms with Crippen LogP contribution >= 0.6 is 39.1 Å². The van der Waals surface area contributed by atoms with Crippen molar-refractivity contribution in [1.82, 2.24) is 9.97 Å². The van der Waals surface area contributed by atoms with Crippen LogP contribution in [-0.2, 0) is 4.74 Å². The first-order valence-corrected chi connectivity index (χ1v) is 6.79. The van der Waals surface area contributed by atoms with Gasteiger partial charge in [0.05, 0.1) is 29.5 Å². The van der Waals surface area contributed by atoms with Gasteiger partial charge in [0.1, 0.15) is 5.75 Å². The number of benzene rings is 1. The van der Waals surface area contributed by atoms with Gasteiger partial charge < -0.3 is 9.47 Å². The van der Waals surface area contributed by atoms with Crippen LogP contribution in [0.2, 0.25) is 10.0 Å². The lowest BCUT2D eigenvalue weighted by molar-refractivity contribution is 0.0592. The van der Waals surface area contributed by atoms with E-state index >= 15 is 0 Å². The Balaban J connectivity index is 2.31. The van der Waals surface area contributed by atoms with Gasteiger partial charge in [-0.2, -0.15) is 0 Å². The molecule has 0 fully saturated rings. The van der Waals surface area contributed by atoms with E-state index in [4.69, 9.17) is 27.9 Å². The van der Waals surface area contributed by atoms with Crippen LogP contribution in [0.5, 0.6) is 11.6 Å². The summed E-state index contributed by atoms with van der Waals surface area (Å²) in [6.07, 6.45) is 2.62. The molecule has 8 heteroatoms. The van der Waals surface area contributed by atoms with Gasteiger partial charge in [-0.15, -0.1) is 0 Å². The van der Waals surface area contributed by atoms with E-state index in [0.717, 1.165) is 0 Å². The van der Waals surface area contributed by atoms with E-state index in [2.05, 4.69) is 30.6 Å². The lowest BCUT2D eigenvalue weighted by Gasteiger charge is -2.08. The molecular weight excluding hydrogens is 371 g/mol. The minimum atomic E-state index is -0.608. The molecule has 0 saturated carbocycles. The fraction of sp³-hybridized carbons (Fsp3) is 0.0833. The van der Waals surface area contributed by atoms with Crippen molar-refractivity contribution in [3.05, 3.63) is 44.7 Å². The monoisotopic (exact) mass is 376 g/mol. The van der Waals surface area contributed by atoms with Crippen LogP contribution in [0.4, 0.5) is 0 Å². The molecule has 0 aliphatic heterocycles. The largest absolute Gasteiger partial charge is 0.464 e. The summed E-state index contributed by atoms with van der Waals surface area (Å²) in [5.74, 6) is -0.202. The molecule has 2 rings (SSSR count). The Morgan fingerprint density at radius 3 is 2.70 bits per heavy atom. The van der Waals surface area contributed by atoms with Gasteiger partial charge in [0.15, 0.2) is 5.69 Å². The van der Waals surface area contributed by atoms with Crippen LogP contribution in [0.1, 0.15) is 10.5 Å². The van der Waals surface area contributed by atoms with Crippen molar-refractivity contribution in [2.24, 2.45) is 0 Å². The highest BCUT2D eigenvalue weighted by Gasteiger charge is 2.12. The number of aromatic nitrogens is 2. The molecular formula is C12H7BrCl2N2O3. The van der Waals surface area contributed by atoms with E-state index in [9.17, 15) is 4.79 Å². The summed E-state index contributed by atoms with van der Waals surface area (Å²) in [6, 6.07) is 3.12. The zero-order chi connectivity index (χ0) is 14.7. The smallest absolute Gasteiger partial charge is 0.358 e. The topological polar surface area (TPSA) is 61.3 Å². The van der Waals surface area contributed by atoms with E-state index in [-0.39, 0.29) is 11.6 Å². The summed E-state index contributed by atoms with van der Waals surface area (Å²) in [5.41, 5.74) is 0.0318. The van der Waals surface area contributed by atoms with Crippen molar-refractivity contribution in [1.29, 1.82) is 0 Å². The molecule has 0 aliphatic rings. The van der Waals surface area contributed by atoms with Crippen LogP contribution in [0.25, 0.3) is 0 Å². The maximum Gasteiger partial charge on any atom is 0.358 e. The standard InChI is InChI=1S/C12H7BrCl2N2O3/c1-19-12(18)9-4-16-5-11(17-9)20-10-3-7(14)6(13)2-8(10)15/h2-5H,1H3. The van der Waals surface area contributed by atoms with Gasteiger partial charge >= 0.3 is 5.97 Å². The van der Waals surface area contributed by atoms with Gasteiger partial charge in [-0.25, -0.2) is 9.78 Å². The molecule has 0 N–H and O–H groups in total. The van der Waals surface area contributed by atoms with Crippen LogP contribution in [-0.4, -0.2) is 23.0 Å². The van der Waals surface area contributed by atoms with Crippen molar-refractivity contribution in [2.45, 2.75) is 0 Å². The first-order chi connectivity index (χ1) is 9.51. The fourth-order valence-electron chi connectivity index (χ4n) is 1.30. The third kappa shape index (κ3) is 3.39. The number of hydrogen-bond acceptors (Lipinski definition) is 5. The van der Waals surface area contributed by atoms with Crippen molar-refractivity contribution in [3.8, 4) is 11.6 Å². The quantitative estimate of drug-likeness (QED) is 0.594. The van der Waals surface area contributed by atoms with Crippen LogP contribution in [0.3, 0.4) is 0 Å². The molecule has 0 radical (unpaired) electrons. The summed E-state index contributed by atoms with van der Waals surface area (Å²) in [4.78, 5) is 19.2. The molecule has 0 aliphatic carbocycles. The summed E-state index contributed by atoms with van der Waals surface area (Å²) >= 11 is 15.2. The third-order valence-electron chi connectivity index (χ3n) is 2.20. The van der Waals surface area contributed by atoms with E-state index in [1.165, 1.54) is 25.6 Å². The maximum atomic E-state index is 11.4. The molecule has 0 unspecified atom stereocenters. The van der Waals surface area contributed by atoms with Gasteiger partial charge in [-0.3, -0.25) is 4.98 Å². The molecule has 1 heterocycles. The van der Waals surface area contributed by atoms with Crippen LogP contribution in [0.15, 0.2) is 29.0 Å².